The highest BCUT2D eigenvalue weighted by atomic mass is 35.5. The average Bonchev–Trinajstić information content (AvgIpc) is 3.25. The first-order valence-corrected chi connectivity index (χ1v) is 11.7. The summed E-state index contributed by atoms with van der Waals surface area (Å²) in [4.78, 5) is 38.0. The number of carbonyl (C=O) groups is 2. The lowest BCUT2D eigenvalue weighted by Crippen LogP contribution is -2.52. The second kappa shape index (κ2) is 11.0. The molecule has 0 spiro atoms. The Morgan fingerprint density at radius 3 is 2.79 bits per heavy atom. The molecule has 4 atom stereocenters. The number of nitrogens with one attached hydrogen (secondary N) is 1. The molecular formula is C23H33ClN8O2. The minimum absolute atomic E-state index is 0. The van der Waals surface area contributed by atoms with Crippen LogP contribution in [0.3, 0.4) is 0 Å². The topological polar surface area (TPSA) is 133 Å². The summed E-state index contributed by atoms with van der Waals surface area (Å²) in [5.41, 5.74) is 6.74. The molecule has 1 saturated heterocycles. The smallest absolute Gasteiger partial charge is 0.327 e. The van der Waals surface area contributed by atoms with Gasteiger partial charge in [-0.25, -0.2) is 14.8 Å². The third-order valence-electron chi connectivity index (χ3n) is 7.14. The van der Waals surface area contributed by atoms with Gasteiger partial charge in [-0.15, -0.1) is 12.4 Å². The molecule has 2 amide bonds. The lowest BCUT2D eigenvalue weighted by molar-refractivity contribution is -0.131. The molecule has 2 aromatic heterocycles. The fourth-order valence-electron chi connectivity index (χ4n) is 5.07. The van der Waals surface area contributed by atoms with E-state index in [1.54, 1.807) is 11.1 Å². The Balaban J connectivity index is 0.00000324. The summed E-state index contributed by atoms with van der Waals surface area (Å²) in [7, 11) is 1.96. The number of halogens is 1. The van der Waals surface area contributed by atoms with Crippen LogP contribution in [0.5, 0.6) is 0 Å². The maximum absolute atomic E-state index is 13.0. The Kier molecular flexibility index (Phi) is 8.33. The fraction of sp³-hybridized carbons (Fsp3) is 0.609. The number of anilines is 1. The molecule has 4 rings (SSSR count). The van der Waals surface area contributed by atoms with E-state index in [4.69, 9.17) is 11.0 Å². The molecule has 0 bridgehead atoms. The van der Waals surface area contributed by atoms with Crippen LogP contribution < -0.4 is 16.0 Å². The van der Waals surface area contributed by atoms with E-state index < -0.39 is 0 Å². The summed E-state index contributed by atoms with van der Waals surface area (Å²) in [6, 6.07) is 3.54. The van der Waals surface area contributed by atoms with Gasteiger partial charge in [0, 0.05) is 38.4 Å². The van der Waals surface area contributed by atoms with Gasteiger partial charge < -0.3 is 20.9 Å². The van der Waals surface area contributed by atoms with Crippen LogP contribution in [0.25, 0.3) is 11.0 Å². The zero-order valence-corrected chi connectivity index (χ0v) is 20.5. The highest BCUT2D eigenvalue weighted by Gasteiger charge is 2.33. The third-order valence-corrected chi connectivity index (χ3v) is 7.14. The Hall–Kier alpha value is -2.90. The number of likely N-dealkylation sites (tertiary alicyclic amines) is 1. The van der Waals surface area contributed by atoms with Crippen molar-refractivity contribution in [3.8, 4) is 6.07 Å². The molecule has 10 nitrogen and oxygen atoms in total. The Bertz CT molecular complexity index is 1070. The summed E-state index contributed by atoms with van der Waals surface area (Å²) >= 11 is 0. The molecule has 11 heteroatoms. The van der Waals surface area contributed by atoms with Crippen LogP contribution in [0.2, 0.25) is 0 Å². The lowest BCUT2D eigenvalue weighted by atomic mass is 9.91. The molecule has 2 fully saturated rings. The van der Waals surface area contributed by atoms with Gasteiger partial charge in [-0.1, -0.05) is 19.8 Å². The van der Waals surface area contributed by atoms with Crippen LogP contribution in [0.1, 0.15) is 45.4 Å². The van der Waals surface area contributed by atoms with Crippen molar-refractivity contribution < 1.29 is 9.59 Å². The largest absolute Gasteiger partial charge is 0.354 e. The van der Waals surface area contributed by atoms with Crippen molar-refractivity contribution in [2.45, 2.75) is 63.6 Å². The van der Waals surface area contributed by atoms with E-state index >= 15 is 0 Å². The summed E-state index contributed by atoms with van der Waals surface area (Å²) in [6.45, 7) is 3.35. The molecule has 1 aliphatic carbocycles. The number of piperidine rings is 1. The van der Waals surface area contributed by atoms with Gasteiger partial charge in [-0.3, -0.25) is 9.36 Å². The fourth-order valence-corrected chi connectivity index (χ4v) is 5.07. The van der Waals surface area contributed by atoms with Crippen molar-refractivity contribution in [2.24, 2.45) is 11.7 Å². The molecule has 3 heterocycles. The minimum Gasteiger partial charge on any atom is -0.354 e. The highest BCUT2D eigenvalue weighted by molar-refractivity contribution is 5.95. The predicted octanol–water partition coefficient (Wildman–Crippen LogP) is 2.27. The standard InChI is InChI=1S/C23H32N8O2.ClH/c1-15-8-11-30(20(32)7-10-24)13-19(15)29(2)21-16-9-12-31(22(16)27-14-26-21)23(33)28-18-6-4-3-5-17(18)25;/h9,12,14-15,17-19H,3-8,11,13,25H2,1-2H3,(H,28,33);1H/t15-,17?,18?,19+;/m1./s1. The number of nitrogens with zero attached hydrogens (tertiary/aromatic N) is 6. The maximum Gasteiger partial charge on any atom is 0.327 e. The van der Waals surface area contributed by atoms with E-state index in [2.05, 4.69) is 27.1 Å². The molecule has 1 aliphatic heterocycles. The third kappa shape index (κ3) is 5.10. The van der Waals surface area contributed by atoms with Gasteiger partial charge in [0.1, 0.15) is 18.6 Å². The lowest BCUT2D eigenvalue weighted by Gasteiger charge is -2.42. The van der Waals surface area contributed by atoms with Crippen LogP contribution >= 0.6 is 12.4 Å². The van der Waals surface area contributed by atoms with Crippen molar-refractivity contribution in [2.75, 3.05) is 25.0 Å². The van der Waals surface area contributed by atoms with E-state index in [-0.39, 0.29) is 48.9 Å². The number of nitrogens with two attached hydrogens (primary N) is 1. The summed E-state index contributed by atoms with van der Waals surface area (Å²) < 4.78 is 1.52. The zero-order chi connectivity index (χ0) is 23.5. The number of likely N-dealkylation sites (N-methyl/N-ethyl adjacent to an activating group) is 1. The van der Waals surface area contributed by atoms with E-state index in [0.29, 0.717) is 30.5 Å². The van der Waals surface area contributed by atoms with E-state index in [1.165, 1.54) is 10.9 Å². The van der Waals surface area contributed by atoms with Crippen LogP contribution in [-0.4, -0.2) is 69.6 Å². The minimum atomic E-state index is -0.237. The molecule has 0 radical (unpaired) electrons. The van der Waals surface area contributed by atoms with Crippen LogP contribution in [-0.2, 0) is 4.79 Å². The predicted molar refractivity (Wildman–Crippen MR) is 132 cm³/mol. The second-order valence-electron chi connectivity index (χ2n) is 9.24. The van der Waals surface area contributed by atoms with Crippen molar-refractivity contribution in [1.29, 1.82) is 5.26 Å². The molecule has 0 aromatic carbocycles. The summed E-state index contributed by atoms with van der Waals surface area (Å²) in [5, 5.41) is 12.7. The van der Waals surface area contributed by atoms with Gasteiger partial charge in [0.25, 0.3) is 0 Å². The maximum atomic E-state index is 13.0. The molecule has 2 unspecified atom stereocenters. The second-order valence-corrected chi connectivity index (χ2v) is 9.24. The zero-order valence-electron chi connectivity index (χ0n) is 19.7. The van der Waals surface area contributed by atoms with Gasteiger partial charge in [-0.2, -0.15) is 5.26 Å². The quantitative estimate of drug-likeness (QED) is 0.674. The number of amides is 2. The molecule has 1 saturated carbocycles. The normalized spacial score (nSPS) is 24.7. The Morgan fingerprint density at radius 1 is 1.29 bits per heavy atom. The van der Waals surface area contributed by atoms with Gasteiger partial charge in [0.2, 0.25) is 5.91 Å². The number of hydrogen-bond acceptors (Lipinski definition) is 7. The molecule has 184 valence electrons. The summed E-state index contributed by atoms with van der Waals surface area (Å²) in [5.74, 6) is 0.913. The SMILES string of the molecule is C[C@@H]1CCN(C(=O)CC#N)C[C@@H]1N(C)c1ncnc2c1ccn2C(=O)NC1CCCCC1N.Cl. The van der Waals surface area contributed by atoms with Gasteiger partial charge in [-0.05, 0) is 31.2 Å². The number of fused-ring (bicyclic) bond motifs is 1. The Labute approximate surface area is 205 Å². The number of aromatic nitrogens is 3. The van der Waals surface area contributed by atoms with Crippen LogP contribution in [0, 0.1) is 17.2 Å². The van der Waals surface area contributed by atoms with E-state index in [1.807, 2.05) is 19.2 Å². The monoisotopic (exact) mass is 488 g/mol. The molecule has 3 N–H and O–H groups in total. The van der Waals surface area contributed by atoms with E-state index in [0.717, 1.165) is 37.5 Å². The molecule has 2 aromatic rings. The van der Waals surface area contributed by atoms with Crippen molar-refractivity contribution in [3.63, 3.8) is 0 Å². The number of nitriles is 1. The Morgan fingerprint density at radius 2 is 2.06 bits per heavy atom. The number of hydrogen-bond donors (Lipinski definition) is 2. The molecule has 2 aliphatic rings. The van der Waals surface area contributed by atoms with Crippen LogP contribution in [0.15, 0.2) is 18.6 Å². The molecule has 34 heavy (non-hydrogen) atoms. The first-order chi connectivity index (χ1) is 15.9. The number of rotatable bonds is 4. The average molecular weight is 489 g/mol. The van der Waals surface area contributed by atoms with Gasteiger partial charge in [0.15, 0.2) is 5.65 Å². The van der Waals surface area contributed by atoms with Gasteiger partial charge in [0.05, 0.1) is 17.5 Å². The first kappa shape index (κ1) is 25.7. The first-order valence-electron chi connectivity index (χ1n) is 11.7. The van der Waals surface area contributed by atoms with Crippen molar-refractivity contribution in [3.05, 3.63) is 18.6 Å². The highest BCUT2D eigenvalue weighted by Crippen LogP contribution is 2.29. The number of carbonyl (C=O) groups excluding carboxylic acids is 2. The molecular weight excluding hydrogens is 456 g/mol. The van der Waals surface area contributed by atoms with E-state index in [9.17, 15) is 9.59 Å². The van der Waals surface area contributed by atoms with Crippen LogP contribution in [0.4, 0.5) is 10.6 Å². The van der Waals surface area contributed by atoms with Crippen molar-refractivity contribution >= 4 is 41.2 Å². The summed E-state index contributed by atoms with van der Waals surface area (Å²) in [6.07, 6.45) is 7.90. The van der Waals surface area contributed by atoms with Crippen molar-refractivity contribution in [1.82, 2.24) is 24.8 Å². The van der Waals surface area contributed by atoms with Gasteiger partial charge >= 0.3 is 6.03 Å².